The van der Waals surface area contributed by atoms with E-state index in [-0.39, 0.29) is 29.1 Å². The maximum Gasteiger partial charge on any atom is 0.408 e. The van der Waals surface area contributed by atoms with Gasteiger partial charge in [0.25, 0.3) is 0 Å². The van der Waals surface area contributed by atoms with Crippen LogP contribution >= 0.6 is 11.6 Å². The molecule has 0 bridgehead atoms. The quantitative estimate of drug-likeness (QED) is 0.537. The van der Waals surface area contributed by atoms with Gasteiger partial charge in [-0.3, -0.25) is 4.68 Å². The topological polar surface area (TPSA) is 65.4 Å². The second-order valence-corrected chi connectivity index (χ2v) is 7.21. The number of aromatic nitrogens is 2. The molecule has 30 heavy (non-hydrogen) atoms. The van der Waals surface area contributed by atoms with Crippen molar-refractivity contribution in [2.24, 2.45) is 0 Å². The molecule has 1 aromatic heterocycles. The Morgan fingerprint density at radius 1 is 1.27 bits per heavy atom. The van der Waals surface area contributed by atoms with E-state index in [1.807, 2.05) is 6.92 Å². The van der Waals surface area contributed by atoms with Gasteiger partial charge in [0, 0.05) is 23.9 Å². The van der Waals surface area contributed by atoms with E-state index in [0.29, 0.717) is 23.6 Å². The first-order valence-corrected chi connectivity index (χ1v) is 9.95. The molecule has 1 N–H and O–H groups in total. The van der Waals surface area contributed by atoms with Crippen LogP contribution in [-0.2, 0) is 11.3 Å². The zero-order valence-electron chi connectivity index (χ0n) is 17.4. The first-order valence-electron chi connectivity index (χ1n) is 9.57. The Balaban J connectivity index is 2.56. The molecule has 0 amide bonds. The van der Waals surface area contributed by atoms with E-state index >= 15 is 0 Å². The summed E-state index contributed by atoms with van der Waals surface area (Å²) in [6.07, 6.45) is -4.64. The lowest BCUT2D eigenvalue weighted by Gasteiger charge is -2.21. The molecular formula is C20H25ClF3N3O3. The highest BCUT2D eigenvalue weighted by molar-refractivity contribution is 6.36. The number of esters is 1. The summed E-state index contributed by atoms with van der Waals surface area (Å²) in [5.41, 5.74) is 1.14. The third kappa shape index (κ3) is 5.38. The summed E-state index contributed by atoms with van der Waals surface area (Å²) in [4.78, 5) is 12.2. The molecule has 2 aromatic rings. The van der Waals surface area contributed by atoms with E-state index in [2.05, 4.69) is 10.4 Å². The second-order valence-electron chi connectivity index (χ2n) is 6.83. The number of halogens is 4. The lowest BCUT2D eigenvalue weighted by Crippen LogP contribution is -2.33. The number of carbonyl (C=O) groups excluding carboxylic acids is 1. The number of benzene rings is 1. The van der Waals surface area contributed by atoms with E-state index in [9.17, 15) is 18.0 Å². The molecule has 0 fully saturated rings. The number of hydrogen-bond acceptors (Lipinski definition) is 5. The monoisotopic (exact) mass is 447 g/mol. The van der Waals surface area contributed by atoms with Crippen LogP contribution in [0.2, 0.25) is 5.02 Å². The molecule has 0 spiro atoms. The van der Waals surface area contributed by atoms with Crippen molar-refractivity contribution >= 4 is 23.3 Å². The summed E-state index contributed by atoms with van der Waals surface area (Å²) in [7, 11) is 0. The fourth-order valence-corrected chi connectivity index (χ4v) is 3.06. The Morgan fingerprint density at radius 2 is 1.93 bits per heavy atom. The van der Waals surface area contributed by atoms with Crippen LogP contribution in [0.1, 0.15) is 45.1 Å². The average Bonchev–Trinajstić information content (AvgIpc) is 2.97. The van der Waals surface area contributed by atoms with Gasteiger partial charge < -0.3 is 14.8 Å². The number of anilines is 1. The van der Waals surface area contributed by atoms with Crippen LogP contribution in [0.4, 0.5) is 18.9 Å². The van der Waals surface area contributed by atoms with Gasteiger partial charge in [0.05, 0.1) is 18.4 Å². The molecule has 0 saturated heterocycles. The van der Waals surface area contributed by atoms with E-state index in [4.69, 9.17) is 21.1 Å². The van der Waals surface area contributed by atoms with Gasteiger partial charge >= 0.3 is 12.1 Å². The molecule has 1 atom stereocenters. The van der Waals surface area contributed by atoms with Gasteiger partial charge in [0.1, 0.15) is 16.8 Å². The Morgan fingerprint density at radius 3 is 2.47 bits per heavy atom. The van der Waals surface area contributed by atoms with Crippen LogP contribution in [0.5, 0.6) is 5.75 Å². The molecular weight excluding hydrogens is 423 g/mol. The SMILES string of the molecule is CCOC(=O)c1nn(CC)c(-c2ccc(NC(C)C(F)(F)F)cc2OC(C)C)c1Cl. The number of rotatable bonds is 8. The average molecular weight is 448 g/mol. The largest absolute Gasteiger partial charge is 0.490 e. The van der Waals surface area contributed by atoms with Crippen molar-refractivity contribution < 1.29 is 27.4 Å². The van der Waals surface area contributed by atoms with E-state index in [1.165, 1.54) is 16.8 Å². The molecule has 1 unspecified atom stereocenters. The van der Waals surface area contributed by atoms with Crippen LogP contribution < -0.4 is 10.1 Å². The first-order chi connectivity index (χ1) is 14.0. The predicted molar refractivity (Wildman–Crippen MR) is 109 cm³/mol. The third-order valence-electron chi connectivity index (χ3n) is 4.14. The van der Waals surface area contributed by atoms with Crippen LogP contribution in [0.25, 0.3) is 11.3 Å². The number of aryl methyl sites for hydroxylation is 1. The van der Waals surface area contributed by atoms with Crippen molar-refractivity contribution in [2.45, 2.75) is 59.5 Å². The maximum absolute atomic E-state index is 12.9. The summed E-state index contributed by atoms with van der Waals surface area (Å²) in [6, 6.07) is 2.83. The molecule has 0 saturated carbocycles. The molecule has 1 heterocycles. The molecule has 166 valence electrons. The number of alkyl halides is 3. The van der Waals surface area contributed by atoms with Crippen molar-refractivity contribution in [1.29, 1.82) is 0 Å². The number of carbonyl (C=O) groups is 1. The summed E-state index contributed by atoms with van der Waals surface area (Å²) in [6.45, 7) is 8.70. The van der Waals surface area contributed by atoms with Gasteiger partial charge in [0.2, 0.25) is 0 Å². The van der Waals surface area contributed by atoms with E-state index < -0.39 is 18.2 Å². The highest BCUT2D eigenvalue weighted by Gasteiger charge is 2.36. The van der Waals surface area contributed by atoms with Gasteiger partial charge in [0.15, 0.2) is 5.69 Å². The Labute approximate surface area is 178 Å². The van der Waals surface area contributed by atoms with Crippen LogP contribution in [0, 0.1) is 0 Å². The number of nitrogens with zero attached hydrogens (tertiary/aromatic N) is 2. The first kappa shape index (κ1) is 23.9. The van der Waals surface area contributed by atoms with Crippen molar-refractivity contribution in [3.05, 3.63) is 28.9 Å². The Hall–Kier alpha value is -2.42. The zero-order chi connectivity index (χ0) is 22.6. The second kappa shape index (κ2) is 9.59. The van der Waals surface area contributed by atoms with E-state index in [1.54, 1.807) is 26.8 Å². The van der Waals surface area contributed by atoms with Crippen LogP contribution in [0.15, 0.2) is 18.2 Å². The van der Waals surface area contributed by atoms with Gasteiger partial charge in [-0.15, -0.1) is 0 Å². The molecule has 0 aliphatic carbocycles. The molecule has 6 nitrogen and oxygen atoms in total. The smallest absolute Gasteiger partial charge is 0.408 e. The molecule has 2 rings (SSSR count). The van der Waals surface area contributed by atoms with Gasteiger partial charge in [-0.2, -0.15) is 18.3 Å². The minimum Gasteiger partial charge on any atom is -0.490 e. The maximum atomic E-state index is 12.9. The highest BCUT2D eigenvalue weighted by Crippen LogP contribution is 2.39. The summed E-state index contributed by atoms with van der Waals surface area (Å²) < 4.78 is 51.1. The lowest BCUT2D eigenvalue weighted by molar-refractivity contribution is -0.138. The highest BCUT2D eigenvalue weighted by atomic mass is 35.5. The summed E-state index contributed by atoms with van der Waals surface area (Å²) in [5.74, 6) is -0.337. The predicted octanol–water partition coefficient (Wildman–Crippen LogP) is 5.55. The number of hydrogen-bond donors (Lipinski definition) is 1. The van der Waals surface area contributed by atoms with E-state index in [0.717, 1.165) is 6.92 Å². The van der Waals surface area contributed by atoms with Crippen molar-refractivity contribution in [1.82, 2.24) is 9.78 Å². The standard InChI is InChI=1S/C20H25ClF3N3O3/c1-6-27-18(16(21)17(26-27)19(28)29-7-2)14-9-8-13(10-15(14)30-11(3)4)25-12(5)20(22,23)24/h8-12,25H,6-7H2,1-5H3. The molecule has 0 radical (unpaired) electrons. The molecule has 10 heteroatoms. The normalized spacial score (nSPS) is 12.7. The summed E-state index contributed by atoms with van der Waals surface area (Å²) >= 11 is 6.46. The fourth-order valence-electron chi connectivity index (χ4n) is 2.75. The Bertz CT molecular complexity index is 897. The molecule has 0 aliphatic heterocycles. The lowest BCUT2D eigenvalue weighted by atomic mass is 10.1. The van der Waals surface area contributed by atoms with Crippen LogP contribution in [-0.4, -0.2) is 40.7 Å². The third-order valence-corrected chi connectivity index (χ3v) is 4.49. The van der Waals surface area contributed by atoms with Crippen LogP contribution in [0.3, 0.4) is 0 Å². The van der Waals surface area contributed by atoms with Gasteiger partial charge in [-0.05, 0) is 46.8 Å². The van der Waals surface area contributed by atoms with Gasteiger partial charge in [-0.25, -0.2) is 4.79 Å². The van der Waals surface area contributed by atoms with Crippen molar-refractivity contribution in [2.75, 3.05) is 11.9 Å². The minimum atomic E-state index is -4.39. The minimum absolute atomic E-state index is 0.0289. The number of ether oxygens (including phenoxy) is 2. The molecule has 1 aromatic carbocycles. The fraction of sp³-hybridized carbons (Fsp3) is 0.500. The molecule has 0 aliphatic rings. The van der Waals surface area contributed by atoms with Gasteiger partial charge in [-0.1, -0.05) is 11.6 Å². The van der Waals surface area contributed by atoms with Crippen molar-refractivity contribution in [3.8, 4) is 17.0 Å². The Kier molecular flexibility index (Phi) is 7.63. The summed E-state index contributed by atoms with van der Waals surface area (Å²) in [5, 5.41) is 6.75. The number of nitrogens with one attached hydrogen (secondary N) is 1. The zero-order valence-corrected chi connectivity index (χ0v) is 18.2. The van der Waals surface area contributed by atoms with Crippen molar-refractivity contribution in [3.63, 3.8) is 0 Å².